The van der Waals surface area contributed by atoms with Gasteiger partial charge in [-0.2, -0.15) is 0 Å². The fraction of sp³-hybridized carbons (Fsp3) is 0.818. The molecule has 1 aliphatic heterocycles. The van der Waals surface area contributed by atoms with Crippen molar-refractivity contribution >= 4 is 27.9 Å². The first-order valence-corrected chi connectivity index (χ1v) is 6.77. The fourth-order valence-electron chi connectivity index (χ4n) is 1.64. The summed E-state index contributed by atoms with van der Waals surface area (Å²) in [7, 11) is 0. The predicted molar refractivity (Wildman–Crippen MR) is 68.1 cm³/mol. The lowest BCUT2D eigenvalue weighted by Gasteiger charge is -2.24. The lowest BCUT2D eigenvalue weighted by molar-refractivity contribution is -0.119. The molecule has 1 rings (SSSR count). The van der Waals surface area contributed by atoms with Crippen molar-refractivity contribution in [2.45, 2.75) is 38.8 Å². The van der Waals surface area contributed by atoms with Crippen molar-refractivity contribution in [2.24, 2.45) is 0 Å². The quantitative estimate of drug-likeness (QED) is 0.787. The number of nitrogens with zero attached hydrogens (tertiary/aromatic N) is 1. The third-order valence-electron chi connectivity index (χ3n) is 2.33. The largest absolute Gasteiger partial charge is 0.444 e. The molecule has 0 bridgehead atoms. The summed E-state index contributed by atoms with van der Waals surface area (Å²) in [6, 6.07) is 0.0348. The van der Waals surface area contributed by atoms with Gasteiger partial charge in [0.2, 0.25) is 5.91 Å². The van der Waals surface area contributed by atoms with Gasteiger partial charge in [-0.1, -0.05) is 15.9 Å². The molecule has 0 radical (unpaired) electrons. The summed E-state index contributed by atoms with van der Waals surface area (Å²) in [4.78, 5) is 24.6. The third-order valence-corrected chi connectivity index (χ3v) is 2.84. The van der Waals surface area contributed by atoms with E-state index in [1.807, 2.05) is 20.8 Å². The fourth-order valence-corrected chi connectivity index (χ4v) is 1.80. The van der Waals surface area contributed by atoms with Crippen molar-refractivity contribution in [1.29, 1.82) is 0 Å². The molecule has 1 aliphatic rings. The molecule has 6 heteroatoms. The number of halogens is 1. The Hall–Kier alpha value is -0.780. The highest BCUT2D eigenvalue weighted by molar-refractivity contribution is 9.09. The molecular weight excluding hydrogens is 288 g/mol. The monoisotopic (exact) mass is 306 g/mol. The van der Waals surface area contributed by atoms with Crippen LogP contribution >= 0.6 is 15.9 Å². The lowest BCUT2D eigenvalue weighted by Crippen LogP contribution is -2.40. The van der Waals surface area contributed by atoms with Crippen molar-refractivity contribution in [1.82, 2.24) is 10.2 Å². The van der Waals surface area contributed by atoms with Crippen LogP contribution in [-0.2, 0) is 9.53 Å². The van der Waals surface area contributed by atoms with Gasteiger partial charge < -0.3 is 15.0 Å². The standard InChI is InChI=1S/C11H19BrN2O3/c1-11(2,3)17-10(16)14-5-4-8(7-14)13-9(15)6-12/h8H,4-7H2,1-3H3,(H,13,15)/t8-/m1/s1. The average molecular weight is 307 g/mol. The molecule has 1 atom stereocenters. The van der Waals surface area contributed by atoms with E-state index in [0.29, 0.717) is 13.1 Å². The van der Waals surface area contributed by atoms with Gasteiger partial charge in [-0.25, -0.2) is 4.79 Å². The van der Waals surface area contributed by atoms with E-state index in [4.69, 9.17) is 4.74 Å². The number of rotatable bonds is 2. The topological polar surface area (TPSA) is 58.6 Å². The first-order chi connectivity index (χ1) is 7.81. The van der Waals surface area contributed by atoms with Crippen LogP contribution in [-0.4, -0.2) is 47.0 Å². The minimum absolute atomic E-state index is 0.0348. The summed E-state index contributed by atoms with van der Waals surface area (Å²) in [6.45, 7) is 6.66. The van der Waals surface area contributed by atoms with Gasteiger partial charge in [0.05, 0.1) is 5.33 Å². The maximum atomic E-state index is 11.7. The van der Waals surface area contributed by atoms with Gasteiger partial charge >= 0.3 is 6.09 Å². The molecule has 1 saturated heterocycles. The molecule has 1 heterocycles. The van der Waals surface area contributed by atoms with Gasteiger partial charge in [0.25, 0.3) is 0 Å². The molecule has 2 amide bonds. The van der Waals surface area contributed by atoms with E-state index in [0.717, 1.165) is 6.42 Å². The molecule has 0 spiro atoms. The number of carbonyl (C=O) groups is 2. The Morgan fingerprint density at radius 2 is 2.12 bits per heavy atom. The predicted octanol–water partition coefficient (Wildman–Crippen LogP) is 1.51. The van der Waals surface area contributed by atoms with Crippen LogP contribution in [0.25, 0.3) is 0 Å². The van der Waals surface area contributed by atoms with Gasteiger partial charge in [-0.15, -0.1) is 0 Å². The highest BCUT2D eigenvalue weighted by Crippen LogP contribution is 2.15. The zero-order valence-corrected chi connectivity index (χ0v) is 12.0. The molecule has 0 aliphatic carbocycles. The van der Waals surface area contributed by atoms with E-state index in [1.165, 1.54) is 0 Å². The Morgan fingerprint density at radius 1 is 1.47 bits per heavy atom. The summed E-state index contributed by atoms with van der Waals surface area (Å²) in [5.74, 6) is -0.0546. The van der Waals surface area contributed by atoms with E-state index in [-0.39, 0.29) is 23.4 Å². The number of carbonyl (C=O) groups excluding carboxylic acids is 2. The van der Waals surface area contributed by atoms with Gasteiger partial charge in [0.15, 0.2) is 0 Å². The average Bonchev–Trinajstić information content (AvgIpc) is 2.63. The third kappa shape index (κ3) is 4.93. The Morgan fingerprint density at radius 3 is 2.65 bits per heavy atom. The zero-order valence-electron chi connectivity index (χ0n) is 10.5. The molecule has 17 heavy (non-hydrogen) atoms. The number of alkyl halides is 1. The van der Waals surface area contributed by atoms with E-state index in [1.54, 1.807) is 4.90 Å². The van der Waals surface area contributed by atoms with Crippen molar-refractivity contribution in [2.75, 3.05) is 18.4 Å². The van der Waals surface area contributed by atoms with Crippen LogP contribution in [0.3, 0.4) is 0 Å². The van der Waals surface area contributed by atoms with E-state index >= 15 is 0 Å². The SMILES string of the molecule is CC(C)(C)OC(=O)N1CC[C@@H](NC(=O)CBr)C1. The molecule has 1 fully saturated rings. The number of ether oxygens (including phenoxy) is 1. The molecular formula is C11H19BrN2O3. The maximum absolute atomic E-state index is 11.7. The van der Waals surface area contributed by atoms with E-state index < -0.39 is 5.60 Å². The summed E-state index contributed by atoms with van der Waals surface area (Å²) in [5.41, 5.74) is -0.478. The summed E-state index contributed by atoms with van der Waals surface area (Å²) < 4.78 is 5.27. The molecule has 0 aromatic rings. The highest BCUT2D eigenvalue weighted by Gasteiger charge is 2.30. The van der Waals surface area contributed by atoms with Crippen LogP contribution in [0.4, 0.5) is 4.79 Å². The zero-order chi connectivity index (χ0) is 13.1. The molecule has 0 aromatic carbocycles. The summed E-state index contributed by atoms with van der Waals surface area (Å²) in [6.07, 6.45) is 0.464. The second kappa shape index (κ2) is 5.71. The molecule has 5 nitrogen and oxygen atoms in total. The van der Waals surface area contributed by atoms with Crippen LogP contribution in [0.2, 0.25) is 0 Å². The van der Waals surface area contributed by atoms with Gasteiger partial charge in [0.1, 0.15) is 5.60 Å². The van der Waals surface area contributed by atoms with Crippen molar-refractivity contribution in [3.63, 3.8) is 0 Å². The normalized spacial score (nSPS) is 20.2. The first-order valence-electron chi connectivity index (χ1n) is 5.65. The Bertz CT molecular complexity index is 302. The Balaban J connectivity index is 2.39. The number of hydrogen-bond acceptors (Lipinski definition) is 3. The van der Waals surface area contributed by atoms with Gasteiger partial charge in [-0.05, 0) is 27.2 Å². The summed E-state index contributed by atoms with van der Waals surface area (Å²) in [5, 5.41) is 3.13. The van der Waals surface area contributed by atoms with Crippen LogP contribution in [0.1, 0.15) is 27.2 Å². The van der Waals surface area contributed by atoms with Crippen molar-refractivity contribution in [3.8, 4) is 0 Å². The highest BCUT2D eigenvalue weighted by atomic mass is 79.9. The second-order valence-electron chi connectivity index (χ2n) is 5.11. The molecule has 1 N–H and O–H groups in total. The van der Waals surface area contributed by atoms with Crippen LogP contribution in [0.15, 0.2) is 0 Å². The molecule has 0 unspecified atom stereocenters. The number of hydrogen-bond donors (Lipinski definition) is 1. The smallest absolute Gasteiger partial charge is 0.410 e. The van der Waals surface area contributed by atoms with Crippen LogP contribution in [0.5, 0.6) is 0 Å². The first kappa shape index (κ1) is 14.3. The Labute approximate surface area is 110 Å². The minimum atomic E-state index is -0.478. The number of likely N-dealkylation sites (tertiary alicyclic amines) is 1. The van der Waals surface area contributed by atoms with Crippen molar-refractivity contribution in [3.05, 3.63) is 0 Å². The number of nitrogens with one attached hydrogen (secondary N) is 1. The molecule has 0 saturated carbocycles. The van der Waals surface area contributed by atoms with E-state index in [2.05, 4.69) is 21.2 Å². The van der Waals surface area contributed by atoms with Crippen LogP contribution in [0, 0.1) is 0 Å². The van der Waals surface area contributed by atoms with Gasteiger partial charge in [-0.3, -0.25) is 4.79 Å². The second-order valence-corrected chi connectivity index (χ2v) is 5.67. The molecule has 0 aromatic heterocycles. The maximum Gasteiger partial charge on any atom is 0.410 e. The van der Waals surface area contributed by atoms with Crippen LogP contribution < -0.4 is 5.32 Å². The molecule has 98 valence electrons. The Kier molecular flexibility index (Phi) is 4.80. The van der Waals surface area contributed by atoms with Crippen molar-refractivity contribution < 1.29 is 14.3 Å². The lowest BCUT2D eigenvalue weighted by atomic mass is 10.2. The summed E-state index contributed by atoms with van der Waals surface area (Å²) >= 11 is 3.09. The minimum Gasteiger partial charge on any atom is -0.444 e. The van der Waals surface area contributed by atoms with E-state index in [9.17, 15) is 9.59 Å². The van der Waals surface area contributed by atoms with Gasteiger partial charge in [0, 0.05) is 19.1 Å². The number of amides is 2.